The van der Waals surface area contributed by atoms with Gasteiger partial charge >= 0.3 is 11.9 Å². The Balaban J connectivity index is 3.83. The molecule has 0 bridgehead atoms. The fourth-order valence-corrected chi connectivity index (χ4v) is 4.78. The molecule has 0 fully saturated rings. The zero-order valence-corrected chi connectivity index (χ0v) is 20.2. The van der Waals surface area contributed by atoms with E-state index in [1.807, 2.05) is 0 Å². The van der Waals surface area contributed by atoms with Gasteiger partial charge in [0.25, 0.3) is 0 Å². The predicted octanol–water partition coefficient (Wildman–Crippen LogP) is 7.43. The van der Waals surface area contributed by atoms with E-state index in [4.69, 9.17) is 0 Å². The van der Waals surface area contributed by atoms with Crippen molar-refractivity contribution in [1.82, 2.24) is 0 Å². The second kappa shape index (κ2) is 11.5. The van der Waals surface area contributed by atoms with Crippen molar-refractivity contribution in [2.45, 2.75) is 92.9 Å². The number of hydrogen-bond donors (Lipinski definition) is 2. The number of carbonyl (C=O) groups is 2. The topological polar surface area (TPSA) is 74.6 Å². The van der Waals surface area contributed by atoms with Crippen LogP contribution >= 0.6 is 0 Å². The molecule has 0 radical (unpaired) electrons. The van der Waals surface area contributed by atoms with Gasteiger partial charge in [-0.2, -0.15) is 0 Å². The van der Waals surface area contributed by atoms with E-state index in [9.17, 15) is 19.8 Å². The number of carboxylic acid groups (broad SMARTS) is 2. The smallest absolute Gasteiger partial charge is 0.336 e. The molecule has 0 saturated carbocycles. The van der Waals surface area contributed by atoms with Crippen molar-refractivity contribution in [3.05, 3.63) is 34.4 Å². The third kappa shape index (κ3) is 7.45. The van der Waals surface area contributed by atoms with Gasteiger partial charge in [0.15, 0.2) is 0 Å². The summed E-state index contributed by atoms with van der Waals surface area (Å²) in [5, 5.41) is 20.2. The molecule has 0 saturated heterocycles. The second-order valence-electron chi connectivity index (χ2n) is 10.5. The predicted molar refractivity (Wildman–Crippen MR) is 124 cm³/mol. The Kier molecular flexibility index (Phi) is 10.1. The summed E-state index contributed by atoms with van der Waals surface area (Å²) in [6, 6.07) is 3.42. The molecular formula is C26H42O4. The third-order valence-corrected chi connectivity index (χ3v) is 5.59. The summed E-state index contributed by atoms with van der Waals surface area (Å²) in [6.45, 7) is 17.1. The maximum atomic E-state index is 12.6. The van der Waals surface area contributed by atoms with Gasteiger partial charge in [-0.3, -0.25) is 0 Å². The van der Waals surface area contributed by atoms with Gasteiger partial charge in [0, 0.05) is 0 Å². The SMILES string of the molecule is CC(C)CC(CC(C)C)c1ccc(C(=O)O)c(C(CC(C)C)CC(C)C)c1C(=O)O. The molecule has 1 aromatic rings. The Labute approximate surface area is 183 Å². The lowest BCUT2D eigenvalue weighted by atomic mass is 9.75. The zero-order valence-electron chi connectivity index (χ0n) is 20.2. The molecule has 0 aliphatic rings. The van der Waals surface area contributed by atoms with Crippen molar-refractivity contribution < 1.29 is 19.8 Å². The highest BCUT2D eigenvalue weighted by Gasteiger charge is 2.31. The van der Waals surface area contributed by atoms with E-state index in [0.29, 0.717) is 29.2 Å². The molecule has 170 valence electrons. The fraction of sp³-hybridized carbons (Fsp3) is 0.692. The summed E-state index contributed by atoms with van der Waals surface area (Å²) in [7, 11) is 0. The van der Waals surface area contributed by atoms with Crippen LogP contribution in [0.2, 0.25) is 0 Å². The lowest BCUT2D eigenvalue weighted by molar-refractivity contribution is 0.0691. The summed E-state index contributed by atoms with van der Waals surface area (Å²) in [4.78, 5) is 24.7. The second-order valence-corrected chi connectivity index (χ2v) is 10.5. The first-order valence-corrected chi connectivity index (χ1v) is 11.5. The minimum atomic E-state index is -1.04. The highest BCUT2D eigenvalue weighted by molar-refractivity contribution is 5.98. The Morgan fingerprint density at radius 1 is 0.667 bits per heavy atom. The van der Waals surface area contributed by atoms with E-state index in [-0.39, 0.29) is 23.0 Å². The molecule has 0 aliphatic heterocycles. The highest BCUT2D eigenvalue weighted by atomic mass is 16.4. The van der Waals surface area contributed by atoms with Crippen molar-refractivity contribution in [3.63, 3.8) is 0 Å². The molecular weight excluding hydrogens is 376 g/mol. The standard InChI is InChI=1S/C26H42O4/c1-15(2)11-19(12-16(3)4)21-9-10-22(25(27)28)23(24(21)26(29)30)20(13-17(5)6)14-18(7)8/h9-10,15-20H,11-14H2,1-8H3,(H,27,28)(H,29,30). The van der Waals surface area contributed by atoms with Gasteiger partial charge < -0.3 is 10.2 Å². The minimum Gasteiger partial charge on any atom is -0.478 e. The molecule has 0 amide bonds. The van der Waals surface area contributed by atoms with Crippen molar-refractivity contribution >= 4 is 11.9 Å². The molecule has 4 nitrogen and oxygen atoms in total. The minimum absolute atomic E-state index is 0.0825. The maximum Gasteiger partial charge on any atom is 0.336 e. The van der Waals surface area contributed by atoms with Crippen LogP contribution in [0, 0.1) is 23.7 Å². The molecule has 2 N–H and O–H groups in total. The summed E-state index contributed by atoms with van der Waals surface area (Å²) in [5.74, 6) is -0.456. The van der Waals surface area contributed by atoms with Crippen LogP contribution in [0.3, 0.4) is 0 Å². The van der Waals surface area contributed by atoms with Gasteiger partial charge in [-0.15, -0.1) is 0 Å². The van der Waals surface area contributed by atoms with E-state index in [0.717, 1.165) is 31.2 Å². The molecule has 30 heavy (non-hydrogen) atoms. The molecule has 0 atom stereocenters. The van der Waals surface area contributed by atoms with Crippen LogP contribution in [0.15, 0.2) is 12.1 Å². The van der Waals surface area contributed by atoms with Crippen LogP contribution in [0.25, 0.3) is 0 Å². The first-order chi connectivity index (χ1) is 13.8. The van der Waals surface area contributed by atoms with E-state index in [1.165, 1.54) is 0 Å². The van der Waals surface area contributed by atoms with Crippen molar-refractivity contribution in [2.24, 2.45) is 23.7 Å². The van der Waals surface area contributed by atoms with Gasteiger partial charge in [-0.05, 0) is 78.4 Å². The molecule has 4 heteroatoms. The lowest BCUT2D eigenvalue weighted by Gasteiger charge is -2.29. The maximum absolute atomic E-state index is 12.6. The number of carboxylic acids is 2. The van der Waals surface area contributed by atoms with Crippen LogP contribution < -0.4 is 0 Å². The van der Waals surface area contributed by atoms with Gasteiger partial charge in [0.05, 0.1) is 11.1 Å². The average molecular weight is 419 g/mol. The largest absolute Gasteiger partial charge is 0.478 e. The molecule has 0 spiro atoms. The summed E-state index contributed by atoms with van der Waals surface area (Å²) >= 11 is 0. The van der Waals surface area contributed by atoms with Crippen molar-refractivity contribution in [2.75, 3.05) is 0 Å². The van der Waals surface area contributed by atoms with Gasteiger partial charge in [-0.1, -0.05) is 61.5 Å². The van der Waals surface area contributed by atoms with Gasteiger partial charge in [-0.25, -0.2) is 9.59 Å². The Hall–Kier alpha value is -1.84. The van der Waals surface area contributed by atoms with Crippen molar-refractivity contribution in [1.29, 1.82) is 0 Å². The first-order valence-electron chi connectivity index (χ1n) is 11.5. The Bertz CT molecular complexity index is 696. The molecule has 0 unspecified atom stereocenters. The number of rotatable bonds is 12. The van der Waals surface area contributed by atoms with Crippen LogP contribution in [-0.4, -0.2) is 22.2 Å². The van der Waals surface area contributed by atoms with Crippen LogP contribution in [0.4, 0.5) is 0 Å². The van der Waals surface area contributed by atoms with Crippen LogP contribution in [0.5, 0.6) is 0 Å². The number of aromatic carboxylic acids is 2. The average Bonchev–Trinajstić information content (AvgIpc) is 2.57. The molecule has 1 rings (SSSR count). The highest BCUT2D eigenvalue weighted by Crippen LogP contribution is 2.40. The summed E-state index contributed by atoms with van der Waals surface area (Å²) < 4.78 is 0. The van der Waals surface area contributed by atoms with Gasteiger partial charge in [0.1, 0.15) is 0 Å². The van der Waals surface area contributed by atoms with E-state index in [1.54, 1.807) is 12.1 Å². The first kappa shape index (κ1) is 26.2. The quantitative estimate of drug-likeness (QED) is 0.370. The van der Waals surface area contributed by atoms with Crippen LogP contribution in [0.1, 0.15) is 125 Å². The van der Waals surface area contributed by atoms with Crippen LogP contribution in [-0.2, 0) is 0 Å². The molecule has 0 heterocycles. The summed E-state index contributed by atoms with van der Waals surface area (Å²) in [6.07, 6.45) is 3.34. The monoisotopic (exact) mass is 418 g/mol. The molecule has 1 aromatic carbocycles. The Morgan fingerprint density at radius 2 is 1.07 bits per heavy atom. The normalized spacial score (nSPS) is 12.2. The number of hydrogen-bond acceptors (Lipinski definition) is 2. The lowest BCUT2D eigenvalue weighted by Crippen LogP contribution is -2.21. The van der Waals surface area contributed by atoms with E-state index in [2.05, 4.69) is 55.4 Å². The number of benzene rings is 1. The van der Waals surface area contributed by atoms with Crippen molar-refractivity contribution in [3.8, 4) is 0 Å². The van der Waals surface area contributed by atoms with E-state index >= 15 is 0 Å². The van der Waals surface area contributed by atoms with E-state index < -0.39 is 11.9 Å². The zero-order chi connectivity index (χ0) is 23.2. The summed E-state index contributed by atoms with van der Waals surface area (Å²) in [5.41, 5.74) is 1.73. The molecule has 0 aromatic heterocycles. The fourth-order valence-electron chi connectivity index (χ4n) is 4.78. The third-order valence-electron chi connectivity index (χ3n) is 5.59. The molecule has 0 aliphatic carbocycles. The van der Waals surface area contributed by atoms with Gasteiger partial charge in [0.2, 0.25) is 0 Å². The Morgan fingerprint density at radius 3 is 1.40 bits per heavy atom.